The molecular formula is C17H22N2O2S. The first-order valence-corrected chi connectivity index (χ1v) is 8.94. The number of amides is 2. The van der Waals surface area contributed by atoms with Crippen LogP contribution in [-0.4, -0.2) is 47.9 Å². The molecule has 0 N–H and O–H groups in total. The molecular weight excluding hydrogens is 296 g/mol. The number of thioether (sulfide) groups is 1. The number of nitrogens with zero attached hydrogens (tertiary/aromatic N) is 2. The summed E-state index contributed by atoms with van der Waals surface area (Å²) in [5.41, 5.74) is 1.52. The van der Waals surface area contributed by atoms with E-state index in [1.165, 1.54) is 0 Å². The van der Waals surface area contributed by atoms with Crippen molar-refractivity contribution in [3.63, 3.8) is 0 Å². The topological polar surface area (TPSA) is 40.6 Å². The van der Waals surface area contributed by atoms with Crippen molar-refractivity contribution < 1.29 is 9.59 Å². The van der Waals surface area contributed by atoms with Crippen LogP contribution in [0.3, 0.4) is 0 Å². The summed E-state index contributed by atoms with van der Waals surface area (Å²) in [6, 6.07) is 7.90. The number of anilines is 1. The second-order valence-corrected chi connectivity index (χ2v) is 7.57. The lowest BCUT2D eigenvalue weighted by molar-refractivity contribution is -0.130. The van der Waals surface area contributed by atoms with Gasteiger partial charge in [-0.25, -0.2) is 0 Å². The molecule has 1 fully saturated rings. The molecule has 2 aliphatic rings. The highest BCUT2D eigenvalue weighted by Crippen LogP contribution is 2.41. The number of carbonyl (C=O) groups excluding carboxylic acids is 2. The third-order valence-corrected chi connectivity index (χ3v) is 5.50. The fraction of sp³-hybridized carbons (Fsp3) is 0.529. The molecule has 0 aromatic heterocycles. The molecule has 1 aromatic carbocycles. The highest BCUT2D eigenvalue weighted by atomic mass is 32.2. The molecule has 0 aliphatic carbocycles. The number of rotatable bonds is 3. The van der Waals surface area contributed by atoms with Gasteiger partial charge in [0.25, 0.3) is 0 Å². The van der Waals surface area contributed by atoms with Gasteiger partial charge in [-0.15, -0.1) is 0 Å². The lowest BCUT2D eigenvalue weighted by atomic mass is 9.86. The second kappa shape index (κ2) is 5.95. The van der Waals surface area contributed by atoms with E-state index in [0.29, 0.717) is 13.0 Å². The van der Waals surface area contributed by atoms with Gasteiger partial charge in [-0.1, -0.05) is 18.2 Å². The van der Waals surface area contributed by atoms with Gasteiger partial charge in [0.1, 0.15) is 0 Å². The van der Waals surface area contributed by atoms with E-state index in [4.69, 9.17) is 0 Å². The Hall–Kier alpha value is -1.49. The summed E-state index contributed by atoms with van der Waals surface area (Å²) in [5.74, 6) is 2.29. The van der Waals surface area contributed by atoms with Crippen LogP contribution in [-0.2, 0) is 15.0 Å². The molecule has 0 radical (unpaired) electrons. The van der Waals surface area contributed by atoms with Crippen molar-refractivity contribution in [1.29, 1.82) is 0 Å². The standard InChI is InChI=1S/C17H22N2O2S/c1-17(2)13-5-3-4-6-14(13)19(16(17)21)8-7-15(20)18-9-11-22-12-10-18/h3-6H,7-12H2,1-2H3. The van der Waals surface area contributed by atoms with E-state index in [1.807, 2.05) is 54.8 Å². The number of carbonyl (C=O) groups is 2. The van der Waals surface area contributed by atoms with E-state index < -0.39 is 5.41 Å². The number of para-hydroxylation sites is 1. The van der Waals surface area contributed by atoms with Gasteiger partial charge in [-0.05, 0) is 25.5 Å². The lowest BCUT2D eigenvalue weighted by Gasteiger charge is -2.27. The SMILES string of the molecule is CC1(C)C(=O)N(CCC(=O)N2CCSCC2)c2ccccc21. The van der Waals surface area contributed by atoms with Crippen LogP contribution in [0.25, 0.3) is 0 Å². The van der Waals surface area contributed by atoms with Crippen molar-refractivity contribution >= 4 is 29.3 Å². The Morgan fingerprint density at radius 2 is 1.91 bits per heavy atom. The van der Waals surface area contributed by atoms with Crippen LogP contribution >= 0.6 is 11.8 Å². The first-order valence-electron chi connectivity index (χ1n) is 7.79. The van der Waals surface area contributed by atoms with Crippen LogP contribution < -0.4 is 4.90 Å². The summed E-state index contributed by atoms with van der Waals surface area (Å²) in [6.45, 7) is 6.05. The van der Waals surface area contributed by atoms with Crippen molar-refractivity contribution in [2.45, 2.75) is 25.7 Å². The Kier molecular flexibility index (Phi) is 4.17. The van der Waals surface area contributed by atoms with Crippen molar-refractivity contribution in [3.05, 3.63) is 29.8 Å². The van der Waals surface area contributed by atoms with Gasteiger partial charge < -0.3 is 9.80 Å². The molecule has 2 aliphatic heterocycles. The smallest absolute Gasteiger partial charge is 0.237 e. The van der Waals surface area contributed by atoms with E-state index >= 15 is 0 Å². The molecule has 0 saturated carbocycles. The quantitative estimate of drug-likeness (QED) is 0.858. The average molecular weight is 318 g/mol. The Labute approximate surface area is 135 Å². The molecule has 3 rings (SSSR count). The Bertz CT molecular complexity index is 594. The van der Waals surface area contributed by atoms with Crippen LogP contribution in [0.4, 0.5) is 5.69 Å². The minimum atomic E-state index is -0.499. The zero-order chi connectivity index (χ0) is 15.7. The lowest BCUT2D eigenvalue weighted by Crippen LogP contribution is -2.41. The van der Waals surface area contributed by atoms with Gasteiger partial charge in [0.05, 0.1) is 5.41 Å². The highest BCUT2D eigenvalue weighted by molar-refractivity contribution is 7.99. The van der Waals surface area contributed by atoms with Gasteiger partial charge in [0.2, 0.25) is 11.8 Å². The van der Waals surface area contributed by atoms with E-state index in [-0.39, 0.29) is 11.8 Å². The molecule has 2 heterocycles. The second-order valence-electron chi connectivity index (χ2n) is 6.34. The predicted octanol–water partition coefficient (Wildman–Crippen LogP) is 2.28. The highest BCUT2D eigenvalue weighted by Gasteiger charge is 2.43. The van der Waals surface area contributed by atoms with Gasteiger partial charge in [0, 0.05) is 43.2 Å². The van der Waals surface area contributed by atoms with Gasteiger partial charge >= 0.3 is 0 Å². The van der Waals surface area contributed by atoms with Crippen LogP contribution in [0.2, 0.25) is 0 Å². The number of fused-ring (bicyclic) bond motifs is 1. The Morgan fingerprint density at radius 3 is 2.64 bits per heavy atom. The van der Waals surface area contributed by atoms with Gasteiger partial charge in [0.15, 0.2) is 0 Å². The molecule has 1 aromatic rings. The van der Waals surface area contributed by atoms with Crippen molar-refractivity contribution in [3.8, 4) is 0 Å². The maximum absolute atomic E-state index is 12.7. The molecule has 0 bridgehead atoms. The fourth-order valence-corrected chi connectivity index (χ4v) is 4.10. The van der Waals surface area contributed by atoms with Gasteiger partial charge in [-0.2, -0.15) is 11.8 Å². The van der Waals surface area contributed by atoms with Crippen LogP contribution in [0.15, 0.2) is 24.3 Å². The predicted molar refractivity (Wildman–Crippen MR) is 90.3 cm³/mol. The number of benzene rings is 1. The van der Waals surface area contributed by atoms with Crippen molar-refractivity contribution in [1.82, 2.24) is 4.90 Å². The van der Waals surface area contributed by atoms with E-state index in [2.05, 4.69) is 0 Å². The molecule has 118 valence electrons. The summed E-state index contributed by atoms with van der Waals surface area (Å²) < 4.78 is 0. The maximum atomic E-state index is 12.7. The van der Waals surface area contributed by atoms with Crippen LogP contribution in [0, 0.1) is 0 Å². The Morgan fingerprint density at radius 1 is 1.23 bits per heavy atom. The van der Waals surface area contributed by atoms with E-state index in [0.717, 1.165) is 35.8 Å². The third-order valence-electron chi connectivity index (χ3n) is 4.56. The normalized spacial score (nSPS) is 20.2. The Balaban J connectivity index is 1.70. The first kappa shape index (κ1) is 15.4. The van der Waals surface area contributed by atoms with Crippen molar-refractivity contribution in [2.24, 2.45) is 0 Å². The number of hydrogen-bond donors (Lipinski definition) is 0. The summed E-state index contributed by atoms with van der Waals surface area (Å²) in [5, 5.41) is 0. The molecule has 4 nitrogen and oxygen atoms in total. The summed E-state index contributed by atoms with van der Waals surface area (Å²) in [6.07, 6.45) is 0.404. The minimum Gasteiger partial charge on any atom is -0.341 e. The zero-order valence-electron chi connectivity index (χ0n) is 13.2. The molecule has 0 spiro atoms. The molecule has 0 unspecified atom stereocenters. The first-order chi connectivity index (χ1) is 10.5. The molecule has 5 heteroatoms. The molecule has 2 amide bonds. The van der Waals surface area contributed by atoms with Crippen LogP contribution in [0.1, 0.15) is 25.8 Å². The van der Waals surface area contributed by atoms with E-state index in [1.54, 1.807) is 4.90 Å². The largest absolute Gasteiger partial charge is 0.341 e. The summed E-state index contributed by atoms with van der Waals surface area (Å²) in [4.78, 5) is 28.7. The maximum Gasteiger partial charge on any atom is 0.237 e. The zero-order valence-corrected chi connectivity index (χ0v) is 14.0. The summed E-state index contributed by atoms with van der Waals surface area (Å²) in [7, 11) is 0. The molecule has 1 saturated heterocycles. The molecule has 0 atom stereocenters. The third kappa shape index (κ3) is 2.62. The minimum absolute atomic E-state index is 0.0932. The van der Waals surface area contributed by atoms with Gasteiger partial charge in [-0.3, -0.25) is 9.59 Å². The summed E-state index contributed by atoms with van der Waals surface area (Å²) >= 11 is 1.89. The monoisotopic (exact) mass is 318 g/mol. The van der Waals surface area contributed by atoms with Crippen molar-refractivity contribution in [2.75, 3.05) is 36.0 Å². The fourth-order valence-electron chi connectivity index (χ4n) is 3.20. The van der Waals surface area contributed by atoms with E-state index in [9.17, 15) is 9.59 Å². The van der Waals surface area contributed by atoms with Crippen LogP contribution in [0.5, 0.6) is 0 Å². The average Bonchev–Trinajstić information content (AvgIpc) is 2.74. The number of hydrogen-bond acceptors (Lipinski definition) is 3. The molecule has 22 heavy (non-hydrogen) atoms.